The maximum Gasteiger partial charge on any atom is 0.315 e. The first kappa shape index (κ1) is 36.1. The lowest BCUT2D eigenvalue weighted by Gasteiger charge is -2.44. The Morgan fingerprint density at radius 3 is 2.12 bits per heavy atom. The number of aliphatic hydroxyl groups excluding tert-OH is 1. The van der Waals surface area contributed by atoms with Crippen LogP contribution in [0.5, 0.6) is 0 Å². The molecule has 43 heavy (non-hydrogen) atoms. The highest BCUT2D eigenvalue weighted by Gasteiger charge is 2.51. The third-order valence-electron chi connectivity index (χ3n) is 6.95. The lowest BCUT2D eigenvalue weighted by Crippen LogP contribution is -2.66. The minimum Gasteiger partial charge on any atom is -0.463 e. The minimum absolute atomic E-state index is 0.120. The normalized spacial score (nSPS) is 30.2. The van der Waals surface area contributed by atoms with E-state index in [1.165, 1.54) is 21.0 Å². The van der Waals surface area contributed by atoms with E-state index in [2.05, 4.69) is 16.0 Å². The van der Waals surface area contributed by atoms with Crippen LogP contribution in [0.25, 0.3) is 0 Å². The Morgan fingerprint density at radius 1 is 0.860 bits per heavy atom. The summed E-state index contributed by atoms with van der Waals surface area (Å²) in [6.07, 6.45) is -4.45. The molecule has 1 unspecified atom stereocenters. The van der Waals surface area contributed by atoms with E-state index in [1.54, 1.807) is 7.11 Å². The summed E-state index contributed by atoms with van der Waals surface area (Å²) in [6.45, 7) is 5.22. The van der Waals surface area contributed by atoms with E-state index < -0.39 is 72.7 Å². The molecule has 9 atom stereocenters. The molecule has 4 N–H and O–H groups in total. The quantitative estimate of drug-likeness (QED) is 0.100. The molecule has 2 fully saturated rings. The van der Waals surface area contributed by atoms with E-state index in [-0.39, 0.29) is 25.2 Å². The number of carbonyl (C=O) groups is 5. The van der Waals surface area contributed by atoms with Gasteiger partial charge in [-0.15, -0.1) is 0 Å². The van der Waals surface area contributed by atoms with Gasteiger partial charge in [0.15, 0.2) is 18.5 Å². The molecule has 0 aromatic carbocycles. The van der Waals surface area contributed by atoms with Crippen molar-refractivity contribution in [3.63, 3.8) is 0 Å². The van der Waals surface area contributed by atoms with E-state index in [4.69, 9.17) is 33.2 Å². The number of esters is 3. The highest BCUT2D eigenvalue weighted by Crippen LogP contribution is 2.29. The third-order valence-corrected chi connectivity index (χ3v) is 6.95. The largest absolute Gasteiger partial charge is 0.463 e. The van der Waals surface area contributed by atoms with Gasteiger partial charge in [0.1, 0.15) is 24.9 Å². The van der Waals surface area contributed by atoms with Gasteiger partial charge in [-0.1, -0.05) is 0 Å². The van der Waals surface area contributed by atoms with Crippen molar-refractivity contribution in [3.8, 4) is 0 Å². The van der Waals surface area contributed by atoms with Gasteiger partial charge in [-0.25, -0.2) is 4.79 Å². The van der Waals surface area contributed by atoms with E-state index in [9.17, 15) is 29.1 Å². The summed E-state index contributed by atoms with van der Waals surface area (Å²) in [6, 6.07) is -1.84. The Morgan fingerprint density at radius 2 is 1.53 bits per heavy atom. The maximum absolute atomic E-state index is 12.4. The molecule has 1 saturated carbocycles. The van der Waals surface area contributed by atoms with Crippen LogP contribution in [0.4, 0.5) is 4.79 Å². The molecule has 1 aliphatic carbocycles. The van der Waals surface area contributed by atoms with Gasteiger partial charge in [0.25, 0.3) is 0 Å². The van der Waals surface area contributed by atoms with Gasteiger partial charge in [-0.3, -0.25) is 19.2 Å². The lowest BCUT2D eigenvalue weighted by atomic mass is 9.96. The fourth-order valence-electron chi connectivity index (χ4n) is 5.21. The maximum atomic E-state index is 12.4. The first-order chi connectivity index (χ1) is 20.4. The van der Waals surface area contributed by atoms with Crippen molar-refractivity contribution in [2.75, 3.05) is 40.6 Å². The van der Waals surface area contributed by atoms with Gasteiger partial charge in [-0.2, -0.15) is 0 Å². The van der Waals surface area contributed by atoms with Crippen molar-refractivity contribution < 1.29 is 62.2 Å². The zero-order chi connectivity index (χ0) is 32.1. The summed E-state index contributed by atoms with van der Waals surface area (Å²) >= 11 is 0. The third kappa shape index (κ3) is 11.5. The first-order valence-corrected chi connectivity index (χ1v) is 14.1. The summed E-state index contributed by atoms with van der Waals surface area (Å²) in [5.41, 5.74) is 0. The average Bonchev–Trinajstić information content (AvgIpc) is 3.20. The van der Waals surface area contributed by atoms with Gasteiger partial charge >= 0.3 is 23.9 Å². The van der Waals surface area contributed by atoms with Crippen LogP contribution in [0.2, 0.25) is 0 Å². The van der Waals surface area contributed by atoms with E-state index in [0.29, 0.717) is 32.4 Å². The number of ether oxygens (including phenoxy) is 7. The number of hydrogen-bond acceptors (Lipinski definition) is 13. The number of nitrogens with one attached hydrogen (secondary N) is 3. The smallest absolute Gasteiger partial charge is 0.315 e. The molecule has 0 aromatic rings. The molecule has 2 aliphatic rings. The molecule has 16 nitrogen and oxygen atoms in total. The molecule has 1 saturated heterocycles. The van der Waals surface area contributed by atoms with Crippen molar-refractivity contribution in [2.45, 2.75) is 95.9 Å². The van der Waals surface area contributed by atoms with Crippen molar-refractivity contribution in [3.05, 3.63) is 0 Å². The van der Waals surface area contributed by atoms with E-state index in [0.717, 1.165) is 13.8 Å². The van der Waals surface area contributed by atoms with Crippen LogP contribution in [-0.4, -0.2) is 124 Å². The average molecular weight is 620 g/mol. The number of aliphatic hydroxyl groups is 1. The molecule has 1 aliphatic heterocycles. The fraction of sp³-hybridized carbons (Fsp3) is 0.815. The molecular weight excluding hydrogens is 574 g/mol. The number of carbonyl (C=O) groups excluding carboxylic acids is 5. The van der Waals surface area contributed by atoms with Crippen LogP contribution in [0.1, 0.15) is 47.0 Å². The standard InChI is InChI=1S/C27H45N3O13/c1-14(31)29-21-25(42-17(4)34)24(41-16(3)33)20(13-40-15(2)32)43-26(21)39-10-8-7-9-28-27(36)30-19-11-18(12-37-5)22(35)23(19)38-6/h18-26,35H,7-13H2,1-6H3,(H,29,31)(H2,28,30,36)/t18-,19+,20-,21-,22?,23-,24+,25-,26-/m1/s1. The minimum atomic E-state index is -1.21. The zero-order valence-corrected chi connectivity index (χ0v) is 25.5. The van der Waals surface area contributed by atoms with Crippen LogP contribution < -0.4 is 16.0 Å². The summed E-state index contributed by atoms with van der Waals surface area (Å²) in [4.78, 5) is 59.7. The topological polar surface area (TPSA) is 206 Å². The van der Waals surface area contributed by atoms with Gasteiger partial charge in [0.05, 0.1) is 18.8 Å². The van der Waals surface area contributed by atoms with Gasteiger partial charge in [-0.05, 0) is 19.3 Å². The second kappa shape index (κ2) is 17.9. The Hall–Kier alpha value is -3.05. The lowest BCUT2D eigenvalue weighted by molar-refractivity contribution is -0.277. The Balaban J connectivity index is 1.95. The second-order valence-electron chi connectivity index (χ2n) is 10.4. The molecule has 3 amide bonds. The van der Waals surface area contributed by atoms with Gasteiger partial charge in [0.2, 0.25) is 5.91 Å². The number of unbranched alkanes of at least 4 members (excludes halogenated alkanes) is 1. The van der Waals surface area contributed by atoms with Crippen molar-refractivity contribution >= 4 is 29.8 Å². The molecule has 0 bridgehead atoms. The Kier molecular flexibility index (Phi) is 15.1. The predicted molar refractivity (Wildman–Crippen MR) is 146 cm³/mol. The summed E-state index contributed by atoms with van der Waals surface area (Å²) in [7, 11) is 3.02. The van der Waals surface area contributed by atoms with Crippen LogP contribution in [0, 0.1) is 5.92 Å². The van der Waals surface area contributed by atoms with Crippen molar-refractivity contribution in [1.29, 1.82) is 0 Å². The summed E-state index contributed by atoms with van der Waals surface area (Å²) in [5.74, 6) is -2.64. The molecule has 0 radical (unpaired) electrons. The Bertz CT molecular complexity index is 951. The van der Waals surface area contributed by atoms with Crippen LogP contribution in [-0.2, 0) is 52.3 Å². The molecule has 246 valence electrons. The fourth-order valence-corrected chi connectivity index (χ4v) is 5.21. The molecule has 0 spiro atoms. The molecule has 0 aromatic heterocycles. The molecule has 2 rings (SSSR count). The summed E-state index contributed by atoms with van der Waals surface area (Å²) < 4.78 is 38.2. The first-order valence-electron chi connectivity index (χ1n) is 14.1. The number of amides is 3. The summed E-state index contributed by atoms with van der Waals surface area (Å²) in [5, 5.41) is 18.6. The van der Waals surface area contributed by atoms with Gasteiger partial charge in [0, 0.05) is 61.0 Å². The number of hydrogen-bond donors (Lipinski definition) is 4. The number of urea groups is 1. The Labute approximate surface area is 250 Å². The number of rotatable bonds is 15. The zero-order valence-electron chi connectivity index (χ0n) is 25.5. The van der Waals surface area contributed by atoms with Crippen molar-refractivity contribution in [2.24, 2.45) is 5.92 Å². The monoisotopic (exact) mass is 619 g/mol. The molecule has 16 heteroatoms. The van der Waals surface area contributed by atoms with E-state index >= 15 is 0 Å². The van der Waals surface area contributed by atoms with E-state index in [1.807, 2.05) is 0 Å². The van der Waals surface area contributed by atoms with Crippen LogP contribution in [0.15, 0.2) is 0 Å². The van der Waals surface area contributed by atoms with Gasteiger partial charge < -0.3 is 54.2 Å². The highest BCUT2D eigenvalue weighted by molar-refractivity contribution is 5.74. The molecule has 1 heterocycles. The SMILES string of the molecule is COC[C@H]1C[C@H](NC(=O)NCCCCO[C@@H]2O[C@H](COC(C)=O)[C@H](OC(C)=O)[C@H](OC(C)=O)[C@H]2NC(C)=O)[C@@H](OC)C1O. The van der Waals surface area contributed by atoms with Crippen LogP contribution >= 0.6 is 0 Å². The highest BCUT2D eigenvalue weighted by atomic mass is 16.7. The second-order valence-corrected chi connectivity index (χ2v) is 10.4. The van der Waals surface area contributed by atoms with Crippen LogP contribution in [0.3, 0.4) is 0 Å². The number of methoxy groups -OCH3 is 2. The molecular formula is C27H45N3O13. The predicted octanol–water partition coefficient (Wildman–Crippen LogP) is -0.851. The van der Waals surface area contributed by atoms with Crippen molar-refractivity contribution in [1.82, 2.24) is 16.0 Å².